The van der Waals surface area contributed by atoms with Gasteiger partial charge in [0.05, 0.1) is 26.7 Å². The summed E-state index contributed by atoms with van der Waals surface area (Å²) in [5.74, 6) is 0. The first-order valence-electron chi connectivity index (χ1n) is 18.0. The Morgan fingerprint density at radius 3 is 0.595 bits per heavy atom. The van der Waals surface area contributed by atoms with Crippen molar-refractivity contribution in [2.45, 2.75) is 207 Å². The average Bonchev–Trinajstić information content (AvgIpc) is 2.90. The molecule has 0 aliphatic rings. The molecule has 1 heteroatoms. The molecule has 0 rings (SSSR count). The Balaban J connectivity index is 3.76. The van der Waals surface area contributed by atoms with Crippen LogP contribution in [-0.4, -0.2) is 31.2 Å². The van der Waals surface area contributed by atoms with Gasteiger partial charge in [-0.25, -0.2) is 0 Å². The molecular formula is C36H76N+. The molecule has 0 aromatic heterocycles. The molecule has 0 atom stereocenters. The first-order valence-corrected chi connectivity index (χ1v) is 18.0. The molecule has 0 aromatic carbocycles. The van der Waals surface area contributed by atoms with Crippen LogP contribution in [0, 0.1) is 0 Å². The molecule has 37 heavy (non-hydrogen) atoms. The first-order chi connectivity index (χ1) is 18.2. The quantitative estimate of drug-likeness (QED) is 0.0608. The summed E-state index contributed by atoms with van der Waals surface area (Å²) >= 11 is 0. The predicted molar refractivity (Wildman–Crippen MR) is 172 cm³/mol. The monoisotopic (exact) mass is 523 g/mol. The third-order valence-corrected chi connectivity index (χ3v) is 8.90. The second-order valence-electron chi connectivity index (χ2n) is 13.0. The van der Waals surface area contributed by atoms with Crippen molar-refractivity contribution in [1.82, 2.24) is 0 Å². The Morgan fingerprint density at radius 2 is 0.405 bits per heavy atom. The summed E-state index contributed by atoms with van der Waals surface area (Å²) in [5.41, 5.74) is 0. The van der Waals surface area contributed by atoms with E-state index < -0.39 is 0 Å². The third-order valence-electron chi connectivity index (χ3n) is 8.90. The van der Waals surface area contributed by atoms with E-state index in [1.165, 1.54) is 210 Å². The first kappa shape index (κ1) is 37.0. The lowest BCUT2D eigenvalue weighted by molar-refractivity contribution is -0.910. The summed E-state index contributed by atoms with van der Waals surface area (Å²) < 4.78 is 1.36. The molecule has 0 fully saturated rings. The van der Waals surface area contributed by atoms with E-state index in [2.05, 4.69) is 27.8 Å². The zero-order valence-electron chi connectivity index (χ0n) is 27.1. The summed E-state index contributed by atoms with van der Waals surface area (Å²) in [6.07, 6.45) is 42.3. The lowest BCUT2D eigenvalue weighted by atomic mass is 10.0. The van der Waals surface area contributed by atoms with Crippen molar-refractivity contribution >= 4 is 0 Å². The van der Waals surface area contributed by atoms with Gasteiger partial charge in [-0.2, -0.15) is 0 Å². The normalized spacial score (nSPS) is 12.0. The van der Waals surface area contributed by atoms with Crippen LogP contribution in [0.15, 0.2) is 0 Å². The van der Waals surface area contributed by atoms with Crippen molar-refractivity contribution in [2.75, 3.05) is 26.7 Å². The fourth-order valence-corrected chi connectivity index (χ4v) is 6.10. The van der Waals surface area contributed by atoms with Crippen LogP contribution in [0.25, 0.3) is 0 Å². The SMILES string of the molecule is CCCCCCCCCCCCCCCCCCC[N+](C)(CCCCCCCC)CCCCCCCC. The van der Waals surface area contributed by atoms with Gasteiger partial charge in [-0.15, -0.1) is 0 Å². The molecule has 0 radical (unpaired) electrons. The van der Waals surface area contributed by atoms with E-state index in [9.17, 15) is 0 Å². The Morgan fingerprint density at radius 1 is 0.243 bits per heavy atom. The topological polar surface area (TPSA) is 0 Å². The van der Waals surface area contributed by atoms with Crippen LogP contribution < -0.4 is 0 Å². The van der Waals surface area contributed by atoms with Crippen LogP contribution in [0.5, 0.6) is 0 Å². The molecule has 0 aliphatic carbocycles. The highest BCUT2D eigenvalue weighted by atomic mass is 15.3. The van der Waals surface area contributed by atoms with Gasteiger partial charge in [-0.05, 0) is 38.5 Å². The minimum absolute atomic E-state index is 1.36. The smallest absolute Gasteiger partial charge is 0.0784 e. The summed E-state index contributed by atoms with van der Waals surface area (Å²) in [4.78, 5) is 0. The van der Waals surface area contributed by atoms with E-state index in [0.717, 1.165) is 0 Å². The van der Waals surface area contributed by atoms with Crippen LogP contribution in [-0.2, 0) is 0 Å². The van der Waals surface area contributed by atoms with Gasteiger partial charge in [0, 0.05) is 0 Å². The molecule has 0 amide bonds. The number of nitrogens with zero attached hydrogens (tertiary/aromatic N) is 1. The summed E-state index contributed by atoms with van der Waals surface area (Å²) in [7, 11) is 2.59. The van der Waals surface area contributed by atoms with E-state index in [4.69, 9.17) is 0 Å². The van der Waals surface area contributed by atoms with Gasteiger partial charge in [-0.3, -0.25) is 0 Å². The number of unbranched alkanes of at least 4 members (excludes halogenated alkanes) is 26. The maximum Gasteiger partial charge on any atom is 0.0784 e. The van der Waals surface area contributed by atoms with Crippen molar-refractivity contribution < 1.29 is 4.48 Å². The number of rotatable bonds is 32. The van der Waals surface area contributed by atoms with Gasteiger partial charge in [0.1, 0.15) is 0 Å². The molecule has 0 bridgehead atoms. The lowest BCUT2D eigenvalue weighted by Crippen LogP contribution is -2.46. The fourth-order valence-electron chi connectivity index (χ4n) is 6.10. The van der Waals surface area contributed by atoms with Crippen LogP contribution in [0.3, 0.4) is 0 Å². The number of hydrogen-bond donors (Lipinski definition) is 0. The van der Waals surface area contributed by atoms with Crippen LogP contribution in [0.4, 0.5) is 0 Å². The van der Waals surface area contributed by atoms with Gasteiger partial charge in [0.25, 0.3) is 0 Å². The number of quaternary nitrogens is 1. The third kappa shape index (κ3) is 28.8. The highest BCUT2D eigenvalue weighted by Crippen LogP contribution is 2.17. The standard InChI is InChI=1S/C36H76N/c1-5-8-11-14-17-18-19-20-21-22-23-24-25-26-27-30-33-36-37(4,34-31-28-15-12-9-6-2)35-32-29-16-13-10-7-3/h5-36H2,1-4H3/q+1. The molecule has 1 nitrogen and oxygen atoms in total. The minimum atomic E-state index is 1.36. The Labute approximate surface area is 237 Å². The summed E-state index contributed by atoms with van der Waals surface area (Å²) in [5, 5.41) is 0. The lowest BCUT2D eigenvalue weighted by Gasteiger charge is -2.35. The Hall–Kier alpha value is -0.0400. The minimum Gasteiger partial charge on any atom is -0.326 e. The molecule has 0 spiro atoms. The largest absolute Gasteiger partial charge is 0.326 e. The van der Waals surface area contributed by atoms with E-state index in [0.29, 0.717) is 0 Å². The molecule has 0 aliphatic heterocycles. The zero-order chi connectivity index (χ0) is 27.1. The molecule has 0 saturated carbocycles. The summed E-state index contributed by atoms with van der Waals surface area (Å²) in [6.45, 7) is 11.3. The zero-order valence-corrected chi connectivity index (χ0v) is 27.1. The van der Waals surface area contributed by atoms with Gasteiger partial charge in [0.15, 0.2) is 0 Å². The molecular weight excluding hydrogens is 446 g/mol. The second-order valence-corrected chi connectivity index (χ2v) is 13.0. The second kappa shape index (κ2) is 30.5. The van der Waals surface area contributed by atoms with Gasteiger partial charge in [0.2, 0.25) is 0 Å². The Bertz CT molecular complexity index is 387. The molecule has 0 aromatic rings. The van der Waals surface area contributed by atoms with Crippen LogP contribution >= 0.6 is 0 Å². The molecule has 0 unspecified atom stereocenters. The maximum absolute atomic E-state index is 2.59. The van der Waals surface area contributed by atoms with Gasteiger partial charge >= 0.3 is 0 Å². The van der Waals surface area contributed by atoms with Crippen LogP contribution in [0.1, 0.15) is 207 Å². The average molecular weight is 523 g/mol. The van der Waals surface area contributed by atoms with E-state index in [-0.39, 0.29) is 0 Å². The number of hydrogen-bond acceptors (Lipinski definition) is 0. The maximum atomic E-state index is 2.59. The van der Waals surface area contributed by atoms with Crippen molar-refractivity contribution in [1.29, 1.82) is 0 Å². The molecule has 224 valence electrons. The fraction of sp³-hybridized carbons (Fsp3) is 1.00. The van der Waals surface area contributed by atoms with Gasteiger partial charge in [-0.1, -0.05) is 168 Å². The summed E-state index contributed by atoms with van der Waals surface area (Å²) in [6, 6.07) is 0. The van der Waals surface area contributed by atoms with Gasteiger partial charge < -0.3 is 4.48 Å². The van der Waals surface area contributed by atoms with E-state index in [1.54, 1.807) is 0 Å². The highest BCUT2D eigenvalue weighted by Gasteiger charge is 2.20. The van der Waals surface area contributed by atoms with Crippen molar-refractivity contribution in [3.05, 3.63) is 0 Å². The predicted octanol–water partition coefficient (Wildman–Crippen LogP) is 12.8. The van der Waals surface area contributed by atoms with Crippen molar-refractivity contribution in [3.63, 3.8) is 0 Å². The van der Waals surface area contributed by atoms with Crippen molar-refractivity contribution in [2.24, 2.45) is 0 Å². The van der Waals surface area contributed by atoms with E-state index >= 15 is 0 Å². The molecule has 0 N–H and O–H groups in total. The Kier molecular flexibility index (Phi) is 30.5. The van der Waals surface area contributed by atoms with E-state index in [1.807, 2.05) is 0 Å². The molecule has 0 saturated heterocycles. The van der Waals surface area contributed by atoms with Crippen molar-refractivity contribution in [3.8, 4) is 0 Å². The van der Waals surface area contributed by atoms with Crippen LogP contribution in [0.2, 0.25) is 0 Å². The highest BCUT2D eigenvalue weighted by molar-refractivity contribution is 4.53. The molecule has 0 heterocycles.